The van der Waals surface area contributed by atoms with E-state index < -0.39 is 0 Å². The number of pyridine rings is 1. The molecule has 1 saturated heterocycles. The highest BCUT2D eigenvalue weighted by Crippen LogP contribution is 2.24. The molecule has 26 heavy (non-hydrogen) atoms. The highest BCUT2D eigenvalue weighted by atomic mass is 16.5. The van der Waals surface area contributed by atoms with E-state index in [1.807, 2.05) is 48.5 Å². The van der Waals surface area contributed by atoms with Gasteiger partial charge in [-0.15, -0.1) is 0 Å². The first-order valence-corrected chi connectivity index (χ1v) is 8.98. The summed E-state index contributed by atoms with van der Waals surface area (Å²) in [4.78, 5) is 19.1. The Morgan fingerprint density at radius 3 is 2.81 bits per heavy atom. The van der Waals surface area contributed by atoms with E-state index in [0.717, 1.165) is 42.9 Å². The van der Waals surface area contributed by atoms with Gasteiger partial charge in [-0.1, -0.05) is 41.6 Å². The van der Waals surface area contributed by atoms with E-state index in [1.54, 1.807) is 12.3 Å². The smallest absolute Gasteiger partial charge is 0.185 e. The second-order valence-corrected chi connectivity index (χ2v) is 6.70. The SMILES string of the molecule is O=C(c1ccccn1)[C@@H]1CCCN(Cc2cc(-c3ccccc3)no2)C1. The average Bonchev–Trinajstić information content (AvgIpc) is 3.17. The van der Waals surface area contributed by atoms with Crippen LogP contribution in [0.2, 0.25) is 0 Å². The van der Waals surface area contributed by atoms with Gasteiger partial charge in [-0.25, -0.2) is 0 Å². The average molecular weight is 347 g/mol. The van der Waals surface area contributed by atoms with Crippen LogP contribution in [0.25, 0.3) is 11.3 Å². The first-order valence-electron chi connectivity index (χ1n) is 8.98. The molecule has 0 N–H and O–H groups in total. The molecule has 5 heteroatoms. The van der Waals surface area contributed by atoms with Gasteiger partial charge in [-0.2, -0.15) is 0 Å². The lowest BCUT2D eigenvalue weighted by Crippen LogP contribution is -2.38. The maximum absolute atomic E-state index is 12.7. The molecular formula is C21H21N3O2. The lowest BCUT2D eigenvalue weighted by Gasteiger charge is -2.30. The molecule has 132 valence electrons. The predicted molar refractivity (Wildman–Crippen MR) is 98.5 cm³/mol. The van der Waals surface area contributed by atoms with Gasteiger partial charge in [0.05, 0.1) is 6.54 Å². The number of benzene rings is 1. The lowest BCUT2D eigenvalue weighted by molar-refractivity contribution is 0.0794. The van der Waals surface area contributed by atoms with E-state index in [4.69, 9.17) is 4.52 Å². The van der Waals surface area contributed by atoms with Crippen molar-refractivity contribution in [1.82, 2.24) is 15.0 Å². The zero-order chi connectivity index (χ0) is 17.8. The summed E-state index contributed by atoms with van der Waals surface area (Å²) in [7, 11) is 0. The molecule has 4 rings (SSSR count). The van der Waals surface area contributed by atoms with Gasteiger partial charge >= 0.3 is 0 Å². The second kappa shape index (κ2) is 7.62. The lowest BCUT2D eigenvalue weighted by atomic mass is 9.92. The zero-order valence-corrected chi connectivity index (χ0v) is 14.5. The molecular weight excluding hydrogens is 326 g/mol. The minimum absolute atomic E-state index is 0.00448. The molecule has 1 atom stereocenters. The van der Waals surface area contributed by atoms with E-state index in [2.05, 4.69) is 15.0 Å². The number of rotatable bonds is 5. The number of likely N-dealkylation sites (tertiary alicyclic amines) is 1. The van der Waals surface area contributed by atoms with Crippen molar-refractivity contribution in [3.05, 3.63) is 72.2 Å². The van der Waals surface area contributed by atoms with Gasteiger partial charge in [0, 0.05) is 30.3 Å². The van der Waals surface area contributed by atoms with Gasteiger partial charge in [0.15, 0.2) is 11.5 Å². The molecule has 3 heterocycles. The molecule has 0 radical (unpaired) electrons. The molecule has 0 aliphatic carbocycles. The molecule has 1 aliphatic rings. The number of hydrogen-bond donors (Lipinski definition) is 0. The van der Waals surface area contributed by atoms with Crippen molar-refractivity contribution >= 4 is 5.78 Å². The van der Waals surface area contributed by atoms with Crippen molar-refractivity contribution in [2.24, 2.45) is 5.92 Å². The number of hydrogen-bond acceptors (Lipinski definition) is 5. The minimum Gasteiger partial charge on any atom is -0.359 e. The molecule has 5 nitrogen and oxygen atoms in total. The van der Waals surface area contributed by atoms with Crippen LogP contribution in [0.15, 0.2) is 65.3 Å². The first kappa shape index (κ1) is 16.7. The standard InChI is InChI=1S/C21H21N3O2/c25-21(19-10-4-5-11-22-19)17-9-6-12-24(14-17)15-18-13-20(23-26-18)16-7-2-1-3-8-16/h1-5,7-8,10-11,13,17H,6,9,12,14-15H2/t17-/m1/s1. The normalized spacial score (nSPS) is 17.9. The summed E-state index contributed by atoms with van der Waals surface area (Å²) < 4.78 is 5.51. The van der Waals surface area contributed by atoms with Crippen LogP contribution in [0.3, 0.4) is 0 Å². The van der Waals surface area contributed by atoms with Crippen LogP contribution < -0.4 is 0 Å². The van der Waals surface area contributed by atoms with E-state index in [1.165, 1.54) is 0 Å². The van der Waals surface area contributed by atoms with E-state index in [-0.39, 0.29) is 11.7 Å². The summed E-state index contributed by atoms with van der Waals surface area (Å²) in [5.74, 6) is 0.961. The summed E-state index contributed by atoms with van der Waals surface area (Å²) in [6, 6.07) is 17.5. The fourth-order valence-electron chi connectivity index (χ4n) is 3.48. The first-order chi connectivity index (χ1) is 12.8. The monoisotopic (exact) mass is 347 g/mol. The van der Waals surface area contributed by atoms with Crippen LogP contribution in [0.4, 0.5) is 0 Å². The Morgan fingerprint density at radius 1 is 1.15 bits per heavy atom. The Kier molecular flexibility index (Phi) is 4.88. The fourth-order valence-corrected chi connectivity index (χ4v) is 3.48. The van der Waals surface area contributed by atoms with Crippen LogP contribution in [0.5, 0.6) is 0 Å². The quantitative estimate of drug-likeness (QED) is 0.657. The molecule has 0 saturated carbocycles. The Labute approximate surface area is 152 Å². The van der Waals surface area contributed by atoms with Crippen LogP contribution in [-0.4, -0.2) is 33.9 Å². The van der Waals surface area contributed by atoms with Gasteiger partial charge in [-0.3, -0.25) is 14.7 Å². The number of nitrogens with zero attached hydrogens (tertiary/aromatic N) is 3. The Morgan fingerprint density at radius 2 is 2.00 bits per heavy atom. The van der Waals surface area contributed by atoms with Gasteiger partial charge in [0.25, 0.3) is 0 Å². The number of carbonyl (C=O) groups is 1. The van der Waals surface area contributed by atoms with Crippen molar-refractivity contribution in [2.45, 2.75) is 19.4 Å². The molecule has 1 aromatic carbocycles. The number of piperidine rings is 1. The summed E-state index contributed by atoms with van der Waals surface area (Å²) in [6.45, 7) is 2.37. The fraction of sp³-hybridized carbons (Fsp3) is 0.286. The highest BCUT2D eigenvalue weighted by molar-refractivity contribution is 5.96. The number of ketones is 1. The van der Waals surface area contributed by atoms with Crippen molar-refractivity contribution in [1.29, 1.82) is 0 Å². The number of Topliss-reactive ketones (excluding diaryl/α,β-unsaturated/α-hetero) is 1. The third-order valence-electron chi connectivity index (χ3n) is 4.80. The van der Waals surface area contributed by atoms with E-state index >= 15 is 0 Å². The van der Waals surface area contributed by atoms with Gasteiger partial charge in [0.2, 0.25) is 0 Å². The summed E-state index contributed by atoms with van der Waals surface area (Å²) in [6.07, 6.45) is 3.59. The summed E-state index contributed by atoms with van der Waals surface area (Å²) in [5.41, 5.74) is 2.45. The largest absolute Gasteiger partial charge is 0.359 e. The van der Waals surface area contributed by atoms with Crippen LogP contribution in [-0.2, 0) is 6.54 Å². The molecule has 0 spiro atoms. The van der Waals surface area contributed by atoms with Crippen molar-refractivity contribution in [3.8, 4) is 11.3 Å². The van der Waals surface area contributed by atoms with Crippen LogP contribution >= 0.6 is 0 Å². The topological polar surface area (TPSA) is 59.2 Å². The Hall–Kier alpha value is -2.79. The zero-order valence-electron chi connectivity index (χ0n) is 14.5. The molecule has 1 aliphatic heterocycles. The van der Waals surface area contributed by atoms with Crippen molar-refractivity contribution in [3.63, 3.8) is 0 Å². The molecule has 0 bridgehead atoms. The number of carbonyl (C=O) groups excluding carboxylic acids is 1. The maximum Gasteiger partial charge on any atom is 0.185 e. The predicted octanol–water partition coefficient (Wildman–Crippen LogP) is 3.83. The minimum atomic E-state index is -0.00448. The summed E-state index contributed by atoms with van der Waals surface area (Å²) in [5, 5.41) is 4.18. The molecule has 1 fully saturated rings. The molecule has 0 unspecified atom stereocenters. The van der Waals surface area contributed by atoms with Gasteiger partial charge in [0.1, 0.15) is 11.4 Å². The van der Waals surface area contributed by atoms with Gasteiger partial charge < -0.3 is 4.52 Å². The summed E-state index contributed by atoms with van der Waals surface area (Å²) >= 11 is 0. The highest BCUT2D eigenvalue weighted by Gasteiger charge is 2.27. The second-order valence-electron chi connectivity index (χ2n) is 6.70. The van der Waals surface area contributed by atoms with Crippen LogP contribution in [0, 0.1) is 5.92 Å². The maximum atomic E-state index is 12.7. The van der Waals surface area contributed by atoms with Crippen molar-refractivity contribution in [2.75, 3.05) is 13.1 Å². The molecule has 2 aromatic heterocycles. The third-order valence-corrected chi connectivity index (χ3v) is 4.80. The Balaban J connectivity index is 1.41. The van der Waals surface area contributed by atoms with E-state index in [0.29, 0.717) is 12.2 Å². The van der Waals surface area contributed by atoms with E-state index in [9.17, 15) is 4.79 Å². The van der Waals surface area contributed by atoms with Crippen LogP contribution in [0.1, 0.15) is 29.1 Å². The van der Waals surface area contributed by atoms with Gasteiger partial charge in [-0.05, 0) is 31.5 Å². The molecule has 0 amide bonds. The Bertz CT molecular complexity index is 861. The molecule has 3 aromatic rings. The van der Waals surface area contributed by atoms with Crippen molar-refractivity contribution < 1.29 is 9.32 Å². The third kappa shape index (κ3) is 3.73. The number of aromatic nitrogens is 2.